The molecule has 0 aliphatic heterocycles. The molecule has 0 spiro atoms. The first-order valence-electron chi connectivity index (χ1n) is 8.28. The van der Waals surface area contributed by atoms with Gasteiger partial charge in [-0.25, -0.2) is 0 Å². The molecule has 1 aromatic rings. The molecule has 0 radical (unpaired) electrons. The summed E-state index contributed by atoms with van der Waals surface area (Å²) >= 11 is 1.86. The van der Waals surface area contributed by atoms with Crippen molar-refractivity contribution in [3.8, 4) is 0 Å². The van der Waals surface area contributed by atoms with Crippen LogP contribution in [0.5, 0.6) is 0 Å². The summed E-state index contributed by atoms with van der Waals surface area (Å²) in [7, 11) is 0. The van der Waals surface area contributed by atoms with E-state index in [-0.39, 0.29) is 0 Å². The Hall–Kier alpha value is -0.480. The van der Waals surface area contributed by atoms with Gasteiger partial charge in [0.25, 0.3) is 0 Å². The molecular weight excluding hydrogens is 266 g/mol. The summed E-state index contributed by atoms with van der Waals surface area (Å²) in [6, 6.07) is 0. The van der Waals surface area contributed by atoms with Crippen LogP contribution in [0.3, 0.4) is 0 Å². The van der Waals surface area contributed by atoms with Gasteiger partial charge in [0.2, 0.25) is 0 Å². The van der Waals surface area contributed by atoms with Crippen molar-refractivity contribution in [2.75, 3.05) is 13.1 Å². The van der Waals surface area contributed by atoms with Gasteiger partial charge in [0.15, 0.2) is 0 Å². The lowest BCUT2D eigenvalue weighted by Crippen LogP contribution is -2.21. The van der Waals surface area contributed by atoms with E-state index in [0.717, 1.165) is 25.4 Å². The Morgan fingerprint density at radius 2 is 1.90 bits per heavy atom. The molecule has 0 amide bonds. The topological polar surface area (TPSA) is 37.8 Å². The molecule has 114 valence electrons. The van der Waals surface area contributed by atoms with Crippen molar-refractivity contribution < 1.29 is 0 Å². The molecule has 4 heteroatoms. The summed E-state index contributed by atoms with van der Waals surface area (Å²) in [6.45, 7) is 6.70. The molecule has 0 aromatic carbocycles. The minimum atomic E-state index is 0.697. The van der Waals surface area contributed by atoms with E-state index in [1.807, 2.05) is 11.3 Å². The van der Waals surface area contributed by atoms with Crippen LogP contribution in [0.15, 0.2) is 0 Å². The minimum absolute atomic E-state index is 0.697. The molecule has 1 fully saturated rings. The third-order valence-corrected chi connectivity index (χ3v) is 5.13. The second-order valence-electron chi connectivity index (χ2n) is 6.42. The Labute approximate surface area is 127 Å². The van der Waals surface area contributed by atoms with Gasteiger partial charge < -0.3 is 5.32 Å². The second kappa shape index (κ2) is 8.73. The molecule has 20 heavy (non-hydrogen) atoms. The highest BCUT2D eigenvalue weighted by Gasteiger charge is 2.18. The van der Waals surface area contributed by atoms with Crippen molar-refractivity contribution in [3.63, 3.8) is 0 Å². The van der Waals surface area contributed by atoms with Gasteiger partial charge in [-0.2, -0.15) is 0 Å². The van der Waals surface area contributed by atoms with Crippen LogP contribution < -0.4 is 5.32 Å². The lowest BCUT2D eigenvalue weighted by atomic mass is 10.0. The minimum Gasteiger partial charge on any atom is -0.316 e. The van der Waals surface area contributed by atoms with E-state index in [1.54, 1.807) is 0 Å². The highest BCUT2D eigenvalue weighted by Crippen LogP contribution is 2.33. The van der Waals surface area contributed by atoms with Crippen molar-refractivity contribution in [2.45, 2.75) is 71.1 Å². The first-order chi connectivity index (χ1) is 9.75. The van der Waals surface area contributed by atoms with Crippen LogP contribution in [-0.4, -0.2) is 23.3 Å². The molecule has 1 aliphatic carbocycles. The molecule has 0 bridgehead atoms. The van der Waals surface area contributed by atoms with Crippen LogP contribution in [0.1, 0.15) is 74.7 Å². The zero-order chi connectivity index (χ0) is 14.2. The SMILES string of the molecule is CC(C)CNCCCc1nnc(C2CCCCCC2)s1. The Balaban J connectivity index is 1.71. The third kappa shape index (κ3) is 5.49. The van der Waals surface area contributed by atoms with Gasteiger partial charge >= 0.3 is 0 Å². The van der Waals surface area contributed by atoms with Crippen molar-refractivity contribution in [1.82, 2.24) is 15.5 Å². The summed E-state index contributed by atoms with van der Waals surface area (Å²) < 4.78 is 0. The summed E-state index contributed by atoms with van der Waals surface area (Å²) in [6.07, 6.45) is 10.5. The molecule has 0 atom stereocenters. The lowest BCUT2D eigenvalue weighted by Gasteiger charge is -2.08. The van der Waals surface area contributed by atoms with E-state index in [9.17, 15) is 0 Å². The van der Waals surface area contributed by atoms with Gasteiger partial charge in [-0.05, 0) is 38.3 Å². The maximum atomic E-state index is 4.46. The second-order valence-corrected chi connectivity index (χ2v) is 7.52. The summed E-state index contributed by atoms with van der Waals surface area (Å²) in [5, 5.41) is 14.9. The average Bonchev–Trinajstić information content (AvgIpc) is 2.72. The molecule has 1 aliphatic rings. The largest absolute Gasteiger partial charge is 0.316 e. The van der Waals surface area contributed by atoms with E-state index in [1.165, 1.54) is 55.0 Å². The molecule has 1 N–H and O–H groups in total. The van der Waals surface area contributed by atoms with Crippen LogP contribution in [0.2, 0.25) is 0 Å². The molecule has 1 saturated carbocycles. The number of hydrogen-bond donors (Lipinski definition) is 1. The fourth-order valence-electron chi connectivity index (χ4n) is 2.81. The fraction of sp³-hybridized carbons (Fsp3) is 0.875. The Kier molecular flexibility index (Phi) is 6.94. The van der Waals surface area contributed by atoms with Crippen LogP contribution in [-0.2, 0) is 6.42 Å². The van der Waals surface area contributed by atoms with Crippen molar-refractivity contribution >= 4 is 11.3 Å². The molecular formula is C16H29N3S. The Bertz CT molecular complexity index is 368. The maximum Gasteiger partial charge on any atom is 0.120 e. The van der Waals surface area contributed by atoms with Crippen LogP contribution >= 0.6 is 11.3 Å². The highest BCUT2D eigenvalue weighted by atomic mass is 32.1. The van der Waals surface area contributed by atoms with Crippen molar-refractivity contribution in [2.24, 2.45) is 5.92 Å². The first kappa shape index (κ1) is 15.9. The molecule has 1 heterocycles. The summed E-state index contributed by atoms with van der Waals surface area (Å²) in [5.74, 6) is 1.43. The van der Waals surface area contributed by atoms with Gasteiger partial charge in [-0.3, -0.25) is 0 Å². The standard InChI is InChI=1S/C16H29N3S/c1-13(2)12-17-11-7-10-15-18-19-16(20-15)14-8-5-3-4-6-9-14/h13-14,17H,3-12H2,1-2H3. The third-order valence-electron chi connectivity index (χ3n) is 3.98. The summed E-state index contributed by atoms with van der Waals surface area (Å²) in [5.41, 5.74) is 0. The Morgan fingerprint density at radius 3 is 2.60 bits per heavy atom. The van der Waals surface area contributed by atoms with Crippen LogP contribution in [0.25, 0.3) is 0 Å². The number of nitrogens with one attached hydrogen (secondary N) is 1. The van der Waals surface area contributed by atoms with E-state index < -0.39 is 0 Å². The molecule has 1 aromatic heterocycles. The zero-order valence-electron chi connectivity index (χ0n) is 13.0. The summed E-state index contributed by atoms with van der Waals surface area (Å²) in [4.78, 5) is 0. The van der Waals surface area contributed by atoms with Gasteiger partial charge in [-0.1, -0.05) is 39.5 Å². The lowest BCUT2D eigenvalue weighted by molar-refractivity contribution is 0.542. The van der Waals surface area contributed by atoms with Crippen LogP contribution in [0.4, 0.5) is 0 Å². The van der Waals surface area contributed by atoms with Gasteiger partial charge in [0.1, 0.15) is 10.0 Å². The normalized spacial score (nSPS) is 17.6. The maximum absolute atomic E-state index is 4.46. The number of hydrogen-bond acceptors (Lipinski definition) is 4. The highest BCUT2D eigenvalue weighted by molar-refractivity contribution is 7.11. The fourth-order valence-corrected chi connectivity index (χ4v) is 3.87. The first-order valence-corrected chi connectivity index (χ1v) is 9.10. The number of aryl methyl sites for hydroxylation is 1. The quantitative estimate of drug-likeness (QED) is 0.606. The predicted octanol–water partition coefficient (Wildman–Crippen LogP) is 4.15. The molecule has 2 rings (SSSR count). The molecule has 0 unspecified atom stereocenters. The Morgan fingerprint density at radius 1 is 1.15 bits per heavy atom. The number of rotatable bonds is 7. The van der Waals surface area contributed by atoms with E-state index in [4.69, 9.17) is 0 Å². The van der Waals surface area contributed by atoms with E-state index >= 15 is 0 Å². The van der Waals surface area contributed by atoms with E-state index in [2.05, 4.69) is 29.4 Å². The smallest absolute Gasteiger partial charge is 0.120 e. The predicted molar refractivity (Wildman–Crippen MR) is 86.4 cm³/mol. The average molecular weight is 295 g/mol. The molecule has 0 saturated heterocycles. The number of aromatic nitrogens is 2. The molecule has 3 nitrogen and oxygen atoms in total. The van der Waals surface area contributed by atoms with Gasteiger partial charge in [0, 0.05) is 12.3 Å². The van der Waals surface area contributed by atoms with Crippen molar-refractivity contribution in [1.29, 1.82) is 0 Å². The monoisotopic (exact) mass is 295 g/mol. The van der Waals surface area contributed by atoms with Gasteiger partial charge in [-0.15, -0.1) is 21.5 Å². The zero-order valence-corrected chi connectivity index (χ0v) is 13.8. The van der Waals surface area contributed by atoms with E-state index in [0.29, 0.717) is 5.92 Å². The van der Waals surface area contributed by atoms with Crippen LogP contribution in [0, 0.1) is 5.92 Å². The van der Waals surface area contributed by atoms with Crippen molar-refractivity contribution in [3.05, 3.63) is 10.0 Å². The number of nitrogens with zero attached hydrogens (tertiary/aromatic N) is 2. The van der Waals surface area contributed by atoms with Gasteiger partial charge in [0.05, 0.1) is 0 Å².